The normalized spacial score (nSPS) is 12.8. The van der Waals surface area contributed by atoms with Gasteiger partial charge in [0.25, 0.3) is 0 Å². The van der Waals surface area contributed by atoms with E-state index in [-0.39, 0.29) is 6.04 Å². The largest absolute Gasteiger partial charge is 0.309 e. The third-order valence-electron chi connectivity index (χ3n) is 3.97. The van der Waals surface area contributed by atoms with E-state index in [1.807, 2.05) is 18.4 Å². The molecular formula is C18H18BrNS. The minimum Gasteiger partial charge on any atom is -0.309 e. The Morgan fingerprint density at radius 2 is 1.81 bits per heavy atom. The molecule has 1 heterocycles. The minimum atomic E-state index is 0.230. The van der Waals surface area contributed by atoms with E-state index >= 15 is 0 Å². The fourth-order valence-electron chi connectivity index (χ4n) is 2.81. The molecular weight excluding hydrogens is 342 g/mol. The molecule has 0 bridgehead atoms. The molecule has 0 radical (unpaired) electrons. The van der Waals surface area contributed by atoms with Crippen molar-refractivity contribution in [3.63, 3.8) is 0 Å². The molecule has 0 spiro atoms. The van der Waals surface area contributed by atoms with Gasteiger partial charge in [-0.1, -0.05) is 40.2 Å². The zero-order valence-corrected chi connectivity index (χ0v) is 14.8. The van der Waals surface area contributed by atoms with Gasteiger partial charge in [0.1, 0.15) is 0 Å². The van der Waals surface area contributed by atoms with E-state index in [1.54, 1.807) is 0 Å². The number of hydrogen-bond donors (Lipinski definition) is 1. The molecule has 1 nitrogen and oxygen atoms in total. The molecule has 1 N–H and O–H groups in total. The smallest absolute Gasteiger partial charge is 0.0591 e. The maximum atomic E-state index is 3.62. The fourth-order valence-corrected chi connectivity index (χ4v) is 4.26. The molecule has 1 aromatic heterocycles. The Morgan fingerprint density at radius 3 is 2.57 bits per heavy atom. The van der Waals surface area contributed by atoms with Crippen LogP contribution < -0.4 is 5.32 Å². The zero-order valence-electron chi connectivity index (χ0n) is 12.4. The molecule has 0 aliphatic carbocycles. The Morgan fingerprint density at radius 1 is 1.05 bits per heavy atom. The lowest BCUT2D eigenvalue weighted by Crippen LogP contribution is -2.18. The van der Waals surface area contributed by atoms with Gasteiger partial charge in [0.05, 0.1) is 6.04 Å². The molecule has 0 amide bonds. The molecule has 0 fully saturated rings. The highest BCUT2D eigenvalue weighted by Crippen LogP contribution is 2.35. The lowest BCUT2D eigenvalue weighted by Gasteiger charge is -2.20. The van der Waals surface area contributed by atoms with Crippen LogP contribution in [-0.4, -0.2) is 7.05 Å². The summed E-state index contributed by atoms with van der Waals surface area (Å²) in [5, 5.41) is 7.12. The molecule has 2 aromatic carbocycles. The van der Waals surface area contributed by atoms with Gasteiger partial charge in [0, 0.05) is 9.17 Å². The average Bonchev–Trinajstić information content (AvgIpc) is 2.89. The van der Waals surface area contributed by atoms with E-state index in [2.05, 4.69) is 76.9 Å². The van der Waals surface area contributed by atoms with Crippen LogP contribution in [0.3, 0.4) is 0 Å². The molecule has 108 valence electrons. The van der Waals surface area contributed by atoms with E-state index < -0.39 is 0 Å². The lowest BCUT2D eigenvalue weighted by molar-refractivity contribution is 0.693. The summed E-state index contributed by atoms with van der Waals surface area (Å²) in [5.41, 5.74) is 5.29. The van der Waals surface area contributed by atoms with Gasteiger partial charge in [0.15, 0.2) is 0 Å². The molecule has 21 heavy (non-hydrogen) atoms. The first-order chi connectivity index (χ1) is 10.1. The molecule has 1 unspecified atom stereocenters. The van der Waals surface area contributed by atoms with Gasteiger partial charge in [-0.3, -0.25) is 0 Å². The number of thiophene rings is 1. The van der Waals surface area contributed by atoms with Crippen LogP contribution in [0.25, 0.3) is 10.1 Å². The van der Waals surface area contributed by atoms with Gasteiger partial charge in [-0.2, -0.15) is 0 Å². The molecule has 3 aromatic rings. The van der Waals surface area contributed by atoms with Gasteiger partial charge >= 0.3 is 0 Å². The molecule has 1 atom stereocenters. The maximum absolute atomic E-state index is 3.62. The van der Waals surface area contributed by atoms with E-state index in [1.165, 1.54) is 36.8 Å². The van der Waals surface area contributed by atoms with Gasteiger partial charge in [0.2, 0.25) is 0 Å². The van der Waals surface area contributed by atoms with Crippen molar-refractivity contribution in [1.29, 1.82) is 0 Å². The van der Waals surface area contributed by atoms with Crippen molar-refractivity contribution < 1.29 is 0 Å². The predicted molar refractivity (Wildman–Crippen MR) is 96.3 cm³/mol. The van der Waals surface area contributed by atoms with Crippen LogP contribution in [0.2, 0.25) is 0 Å². The quantitative estimate of drug-likeness (QED) is 0.642. The van der Waals surface area contributed by atoms with Crippen molar-refractivity contribution >= 4 is 37.4 Å². The second kappa shape index (κ2) is 5.91. The second-order valence-corrected chi connectivity index (χ2v) is 7.13. The van der Waals surface area contributed by atoms with Crippen molar-refractivity contribution in [2.24, 2.45) is 0 Å². The van der Waals surface area contributed by atoms with Crippen molar-refractivity contribution in [2.45, 2.75) is 19.9 Å². The number of rotatable bonds is 3. The number of nitrogens with one attached hydrogen (secondary N) is 1. The summed E-state index contributed by atoms with van der Waals surface area (Å²) < 4.78 is 2.52. The van der Waals surface area contributed by atoms with E-state index in [0.29, 0.717) is 0 Å². The zero-order chi connectivity index (χ0) is 15.0. The van der Waals surface area contributed by atoms with Crippen molar-refractivity contribution in [3.8, 4) is 0 Å². The van der Waals surface area contributed by atoms with Gasteiger partial charge in [-0.15, -0.1) is 11.3 Å². The number of hydrogen-bond acceptors (Lipinski definition) is 2. The summed E-state index contributed by atoms with van der Waals surface area (Å²) in [4.78, 5) is 0. The second-order valence-electron chi connectivity index (χ2n) is 5.37. The van der Waals surface area contributed by atoms with Crippen LogP contribution in [0.5, 0.6) is 0 Å². The summed E-state index contributed by atoms with van der Waals surface area (Å²) in [7, 11) is 2.04. The first kappa shape index (κ1) is 14.8. The van der Waals surface area contributed by atoms with Crippen LogP contribution in [0.4, 0.5) is 0 Å². The molecule has 0 saturated carbocycles. The number of halogens is 1. The van der Waals surface area contributed by atoms with Gasteiger partial charge in [-0.05, 0) is 66.0 Å². The number of fused-ring (bicyclic) bond motifs is 1. The Hall–Kier alpha value is -1.16. The Kier molecular flexibility index (Phi) is 4.16. The standard InChI is InChI=1S/C18H18BrNS/c1-11-9-16(19)12(2)8-14(11)18(20-3)15-10-21-17-7-5-4-6-13(15)17/h4-10,18,20H,1-3H3. The topological polar surface area (TPSA) is 12.0 Å². The summed E-state index contributed by atoms with van der Waals surface area (Å²) in [6.07, 6.45) is 0. The van der Waals surface area contributed by atoms with Crippen LogP contribution >= 0.6 is 27.3 Å². The first-order valence-electron chi connectivity index (χ1n) is 7.02. The SMILES string of the molecule is CNC(c1cc(C)c(Br)cc1C)c1csc2ccccc12. The predicted octanol–water partition coefficient (Wildman–Crippen LogP) is 5.59. The Labute approximate surface area is 138 Å². The maximum Gasteiger partial charge on any atom is 0.0591 e. The third-order valence-corrected chi connectivity index (χ3v) is 5.80. The Balaban J connectivity index is 2.17. The van der Waals surface area contributed by atoms with Crippen LogP contribution in [0.15, 0.2) is 46.3 Å². The molecule has 3 heteroatoms. The van der Waals surface area contributed by atoms with Gasteiger partial charge in [-0.25, -0.2) is 0 Å². The molecule has 0 aliphatic rings. The number of benzene rings is 2. The van der Waals surface area contributed by atoms with Crippen LogP contribution in [-0.2, 0) is 0 Å². The molecule has 0 saturated heterocycles. The Bertz CT molecular complexity index is 791. The highest BCUT2D eigenvalue weighted by atomic mass is 79.9. The summed E-state index contributed by atoms with van der Waals surface area (Å²) >= 11 is 5.44. The lowest BCUT2D eigenvalue weighted by atomic mass is 9.93. The highest BCUT2D eigenvalue weighted by molar-refractivity contribution is 9.10. The highest BCUT2D eigenvalue weighted by Gasteiger charge is 2.18. The monoisotopic (exact) mass is 359 g/mol. The number of aryl methyl sites for hydroxylation is 2. The summed E-state index contributed by atoms with van der Waals surface area (Å²) in [6, 6.07) is 13.4. The van der Waals surface area contributed by atoms with Crippen molar-refractivity contribution in [2.75, 3.05) is 7.05 Å². The van der Waals surface area contributed by atoms with E-state index in [0.717, 1.165) is 0 Å². The van der Waals surface area contributed by atoms with Crippen molar-refractivity contribution in [3.05, 3.63) is 68.5 Å². The minimum absolute atomic E-state index is 0.230. The first-order valence-corrected chi connectivity index (χ1v) is 8.69. The fraction of sp³-hybridized carbons (Fsp3) is 0.222. The van der Waals surface area contributed by atoms with E-state index in [4.69, 9.17) is 0 Å². The van der Waals surface area contributed by atoms with E-state index in [9.17, 15) is 0 Å². The molecule has 3 rings (SSSR count). The summed E-state index contributed by atoms with van der Waals surface area (Å²) in [6.45, 7) is 4.32. The molecule has 0 aliphatic heterocycles. The van der Waals surface area contributed by atoms with Crippen LogP contribution in [0.1, 0.15) is 28.3 Å². The summed E-state index contributed by atoms with van der Waals surface area (Å²) in [5.74, 6) is 0. The third kappa shape index (κ3) is 2.66. The van der Waals surface area contributed by atoms with Gasteiger partial charge < -0.3 is 5.32 Å². The average molecular weight is 360 g/mol. The van der Waals surface area contributed by atoms with Crippen LogP contribution in [0, 0.1) is 13.8 Å². The van der Waals surface area contributed by atoms with Crippen molar-refractivity contribution in [1.82, 2.24) is 5.32 Å².